The largest absolute Gasteiger partial charge is 0.481 e. The van der Waals surface area contributed by atoms with Crippen LogP contribution in [0.3, 0.4) is 0 Å². The van der Waals surface area contributed by atoms with Crippen LogP contribution in [0.15, 0.2) is 23.7 Å². The van der Waals surface area contributed by atoms with Gasteiger partial charge in [-0.2, -0.15) is 0 Å². The molecule has 0 fully saturated rings. The number of nitrogens with zero attached hydrogens (tertiary/aromatic N) is 2. The van der Waals surface area contributed by atoms with Crippen molar-refractivity contribution in [1.82, 2.24) is 15.3 Å². The minimum absolute atomic E-state index is 0.163. The third-order valence-corrected chi connectivity index (χ3v) is 3.17. The van der Waals surface area contributed by atoms with Gasteiger partial charge in [0.15, 0.2) is 5.13 Å². The Morgan fingerprint density at radius 3 is 3.11 bits per heavy atom. The summed E-state index contributed by atoms with van der Waals surface area (Å²) in [4.78, 5) is 19.9. The number of hydrogen-bond donors (Lipinski definition) is 2. The van der Waals surface area contributed by atoms with E-state index in [9.17, 15) is 4.79 Å². The summed E-state index contributed by atoms with van der Waals surface area (Å²) in [6.07, 6.45) is 2.19. The molecule has 0 atom stereocenters. The predicted octanol–water partition coefficient (Wildman–Crippen LogP) is 1.10. The number of aromatic nitrogens is 2. The third-order valence-electron chi connectivity index (χ3n) is 2.44. The first-order valence-electron chi connectivity index (χ1n) is 5.67. The second-order valence-corrected chi connectivity index (χ2v) is 4.66. The van der Waals surface area contributed by atoms with E-state index in [-0.39, 0.29) is 5.91 Å². The number of nitrogens with one attached hydrogen (secondary N) is 1. The summed E-state index contributed by atoms with van der Waals surface area (Å²) in [5.74, 6) is 0.254. The number of hydrogen-bond acceptors (Lipinski definition) is 6. The van der Waals surface area contributed by atoms with Crippen LogP contribution >= 0.6 is 11.3 Å². The van der Waals surface area contributed by atoms with Crippen molar-refractivity contribution in [2.24, 2.45) is 0 Å². The van der Waals surface area contributed by atoms with Gasteiger partial charge in [-0.15, -0.1) is 11.3 Å². The Morgan fingerprint density at radius 2 is 2.42 bits per heavy atom. The Balaban J connectivity index is 1.87. The van der Waals surface area contributed by atoms with Crippen LogP contribution in [0.5, 0.6) is 5.88 Å². The number of methoxy groups -OCH3 is 1. The van der Waals surface area contributed by atoms with E-state index in [1.54, 1.807) is 12.1 Å². The Hall–Kier alpha value is -2.15. The summed E-state index contributed by atoms with van der Waals surface area (Å²) in [6.45, 7) is 0.507. The van der Waals surface area contributed by atoms with Crippen LogP contribution in [0.2, 0.25) is 0 Å². The summed E-state index contributed by atoms with van der Waals surface area (Å²) in [6, 6.07) is 3.23. The summed E-state index contributed by atoms with van der Waals surface area (Å²) in [7, 11) is 1.51. The SMILES string of the molecule is COc1cc(C(=O)NCCc2csc(N)n2)ccn1. The van der Waals surface area contributed by atoms with E-state index in [0.717, 1.165) is 5.69 Å². The lowest BCUT2D eigenvalue weighted by atomic mass is 10.2. The molecule has 3 N–H and O–H groups in total. The lowest BCUT2D eigenvalue weighted by molar-refractivity contribution is 0.0953. The smallest absolute Gasteiger partial charge is 0.251 e. The van der Waals surface area contributed by atoms with Crippen molar-refractivity contribution in [1.29, 1.82) is 0 Å². The molecule has 0 saturated heterocycles. The Kier molecular flexibility index (Phi) is 4.30. The first kappa shape index (κ1) is 13.3. The maximum atomic E-state index is 11.9. The van der Waals surface area contributed by atoms with Crippen LogP contribution in [0, 0.1) is 0 Å². The van der Waals surface area contributed by atoms with E-state index in [4.69, 9.17) is 10.5 Å². The fraction of sp³-hybridized carbons (Fsp3) is 0.250. The van der Waals surface area contributed by atoms with Gasteiger partial charge in [-0.1, -0.05) is 0 Å². The molecule has 100 valence electrons. The maximum absolute atomic E-state index is 11.9. The number of amides is 1. The summed E-state index contributed by atoms with van der Waals surface area (Å²) in [5, 5.41) is 5.24. The van der Waals surface area contributed by atoms with Gasteiger partial charge in [-0.25, -0.2) is 9.97 Å². The minimum atomic E-state index is -0.163. The van der Waals surface area contributed by atoms with Crippen molar-refractivity contribution in [3.8, 4) is 5.88 Å². The van der Waals surface area contributed by atoms with Gasteiger partial charge in [0.05, 0.1) is 12.8 Å². The molecular formula is C12H14N4O2S. The molecule has 0 spiro atoms. The molecule has 0 aromatic carbocycles. The molecule has 1 amide bonds. The van der Waals surface area contributed by atoms with Gasteiger partial charge in [-0.3, -0.25) is 4.79 Å². The summed E-state index contributed by atoms with van der Waals surface area (Å²) < 4.78 is 4.97. The van der Waals surface area contributed by atoms with E-state index >= 15 is 0 Å². The van der Waals surface area contributed by atoms with Crippen molar-refractivity contribution < 1.29 is 9.53 Å². The van der Waals surface area contributed by atoms with Crippen molar-refractivity contribution in [2.45, 2.75) is 6.42 Å². The lowest BCUT2D eigenvalue weighted by Gasteiger charge is -2.05. The van der Waals surface area contributed by atoms with Crippen LogP contribution in [0.4, 0.5) is 5.13 Å². The molecule has 19 heavy (non-hydrogen) atoms. The number of rotatable bonds is 5. The first-order valence-corrected chi connectivity index (χ1v) is 6.55. The molecule has 0 radical (unpaired) electrons. The van der Waals surface area contributed by atoms with Gasteiger partial charge in [0.1, 0.15) is 0 Å². The van der Waals surface area contributed by atoms with Crippen LogP contribution in [-0.2, 0) is 6.42 Å². The summed E-state index contributed by atoms with van der Waals surface area (Å²) >= 11 is 1.39. The molecule has 0 saturated carbocycles. The Bertz CT molecular complexity index is 570. The molecule has 2 aromatic rings. The van der Waals surface area contributed by atoms with Gasteiger partial charge < -0.3 is 15.8 Å². The van der Waals surface area contributed by atoms with Crippen molar-refractivity contribution >= 4 is 22.4 Å². The molecule has 0 aliphatic carbocycles. The van der Waals surface area contributed by atoms with Crippen LogP contribution in [0.25, 0.3) is 0 Å². The predicted molar refractivity (Wildman–Crippen MR) is 73.4 cm³/mol. The zero-order valence-corrected chi connectivity index (χ0v) is 11.2. The normalized spacial score (nSPS) is 10.2. The maximum Gasteiger partial charge on any atom is 0.251 e. The number of nitrogen functional groups attached to an aromatic ring is 1. The van der Waals surface area contributed by atoms with Gasteiger partial charge in [0.2, 0.25) is 5.88 Å². The Labute approximate surface area is 114 Å². The van der Waals surface area contributed by atoms with E-state index in [0.29, 0.717) is 29.5 Å². The minimum Gasteiger partial charge on any atom is -0.481 e. The molecule has 2 aromatic heterocycles. The standard InChI is InChI=1S/C12H14N4O2S/c1-18-10-6-8(2-4-14-10)11(17)15-5-3-9-7-19-12(13)16-9/h2,4,6-7H,3,5H2,1H3,(H2,13,16)(H,15,17). The second kappa shape index (κ2) is 6.14. The van der Waals surface area contributed by atoms with Gasteiger partial charge >= 0.3 is 0 Å². The molecule has 6 nitrogen and oxygen atoms in total. The quantitative estimate of drug-likeness (QED) is 0.854. The zero-order valence-electron chi connectivity index (χ0n) is 10.4. The van der Waals surface area contributed by atoms with Crippen LogP contribution in [-0.4, -0.2) is 29.5 Å². The number of anilines is 1. The number of nitrogens with two attached hydrogens (primary N) is 1. The molecule has 0 aliphatic heterocycles. The van der Waals surface area contributed by atoms with E-state index in [1.165, 1.54) is 24.6 Å². The lowest BCUT2D eigenvalue weighted by Crippen LogP contribution is -2.25. The number of ether oxygens (including phenoxy) is 1. The number of thiazole rings is 1. The molecule has 0 bridgehead atoms. The highest BCUT2D eigenvalue weighted by Gasteiger charge is 2.07. The molecule has 0 aliphatic rings. The van der Waals surface area contributed by atoms with Crippen molar-refractivity contribution in [3.63, 3.8) is 0 Å². The molecule has 0 unspecified atom stereocenters. The number of pyridine rings is 1. The molecule has 2 rings (SSSR count). The average molecular weight is 278 g/mol. The van der Waals surface area contributed by atoms with Crippen LogP contribution < -0.4 is 15.8 Å². The topological polar surface area (TPSA) is 90.1 Å². The van der Waals surface area contributed by atoms with Crippen molar-refractivity contribution in [2.75, 3.05) is 19.4 Å². The number of carbonyl (C=O) groups excluding carboxylic acids is 1. The Morgan fingerprint density at radius 1 is 1.58 bits per heavy atom. The fourth-order valence-corrected chi connectivity index (χ4v) is 2.10. The van der Waals surface area contributed by atoms with E-state index in [1.807, 2.05) is 5.38 Å². The summed E-state index contributed by atoms with van der Waals surface area (Å²) in [5.41, 5.74) is 6.93. The number of carbonyl (C=O) groups is 1. The fourth-order valence-electron chi connectivity index (χ4n) is 1.51. The highest BCUT2D eigenvalue weighted by molar-refractivity contribution is 7.13. The molecule has 2 heterocycles. The van der Waals surface area contributed by atoms with Gasteiger partial charge in [0, 0.05) is 36.2 Å². The van der Waals surface area contributed by atoms with Gasteiger partial charge in [0.25, 0.3) is 5.91 Å². The highest BCUT2D eigenvalue weighted by Crippen LogP contribution is 2.11. The third kappa shape index (κ3) is 3.65. The average Bonchev–Trinajstić information content (AvgIpc) is 2.84. The molecular weight excluding hydrogens is 264 g/mol. The van der Waals surface area contributed by atoms with Crippen molar-refractivity contribution in [3.05, 3.63) is 35.0 Å². The first-order chi connectivity index (χ1) is 9.19. The van der Waals surface area contributed by atoms with Gasteiger partial charge in [-0.05, 0) is 6.07 Å². The van der Waals surface area contributed by atoms with Crippen LogP contribution in [0.1, 0.15) is 16.1 Å². The zero-order chi connectivity index (χ0) is 13.7. The highest BCUT2D eigenvalue weighted by atomic mass is 32.1. The van der Waals surface area contributed by atoms with E-state index in [2.05, 4.69) is 15.3 Å². The molecule has 7 heteroatoms. The van der Waals surface area contributed by atoms with E-state index < -0.39 is 0 Å². The monoisotopic (exact) mass is 278 g/mol. The second-order valence-electron chi connectivity index (χ2n) is 3.77.